The Hall–Kier alpha value is -1.36. The Morgan fingerprint density at radius 1 is 1.67 bits per heavy atom. The van der Waals surface area contributed by atoms with Crippen molar-refractivity contribution in [2.45, 2.75) is 19.4 Å². The van der Waals surface area contributed by atoms with Crippen molar-refractivity contribution in [3.05, 3.63) is 17.5 Å². The van der Waals surface area contributed by atoms with Gasteiger partial charge in [-0.1, -0.05) is 0 Å². The van der Waals surface area contributed by atoms with Gasteiger partial charge in [-0.3, -0.25) is 9.48 Å². The highest BCUT2D eigenvalue weighted by Crippen LogP contribution is 2.24. The standard InChI is InChI=1S/C10H17N3O2/c1-7-8(6-13(4)11-7)9(12(2)3)5-10(14)15/h6,9H,5H2,1-4H3,(H,14,15). The van der Waals surface area contributed by atoms with Gasteiger partial charge in [0.25, 0.3) is 0 Å². The quantitative estimate of drug-likeness (QED) is 0.800. The number of aliphatic carboxylic acids is 1. The maximum Gasteiger partial charge on any atom is 0.305 e. The topological polar surface area (TPSA) is 58.4 Å². The summed E-state index contributed by atoms with van der Waals surface area (Å²) in [7, 11) is 5.59. The predicted molar refractivity (Wildman–Crippen MR) is 56.6 cm³/mol. The molecule has 1 unspecified atom stereocenters. The molecule has 0 fully saturated rings. The first kappa shape index (κ1) is 11.7. The van der Waals surface area contributed by atoms with Gasteiger partial charge in [0.05, 0.1) is 12.1 Å². The van der Waals surface area contributed by atoms with Crippen molar-refractivity contribution in [1.29, 1.82) is 0 Å². The number of hydrogen-bond acceptors (Lipinski definition) is 3. The third kappa shape index (κ3) is 2.79. The Morgan fingerprint density at radius 2 is 2.27 bits per heavy atom. The molecule has 1 rings (SSSR count). The summed E-state index contributed by atoms with van der Waals surface area (Å²) in [5.74, 6) is -0.794. The first-order chi connectivity index (χ1) is 6.91. The van der Waals surface area contributed by atoms with Crippen LogP contribution in [0.15, 0.2) is 6.20 Å². The molecular formula is C10H17N3O2. The van der Waals surface area contributed by atoms with Crippen LogP contribution in [0.1, 0.15) is 23.7 Å². The van der Waals surface area contributed by atoms with Crippen molar-refractivity contribution in [3.8, 4) is 0 Å². The lowest BCUT2D eigenvalue weighted by Crippen LogP contribution is -2.23. The van der Waals surface area contributed by atoms with Gasteiger partial charge < -0.3 is 10.0 Å². The van der Waals surface area contributed by atoms with Crippen molar-refractivity contribution in [2.75, 3.05) is 14.1 Å². The molecule has 1 aromatic rings. The first-order valence-corrected chi connectivity index (χ1v) is 4.80. The summed E-state index contributed by atoms with van der Waals surface area (Å²) in [6.07, 6.45) is 1.97. The molecule has 1 heterocycles. The number of carboxylic acid groups (broad SMARTS) is 1. The lowest BCUT2D eigenvalue weighted by atomic mass is 10.0. The molecule has 1 N–H and O–H groups in total. The fourth-order valence-corrected chi connectivity index (χ4v) is 1.68. The van der Waals surface area contributed by atoms with E-state index in [4.69, 9.17) is 5.11 Å². The number of carbonyl (C=O) groups is 1. The Balaban J connectivity index is 2.98. The minimum absolute atomic E-state index is 0.0968. The zero-order valence-corrected chi connectivity index (χ0v) is 9.56. The SMILES string of the molecule is Cc1nn(C)cc1C(CC(=O)O)N(C)C. The smallest absolute Gasteiger partial charge is 0.305 e. The molecule has 0 aliphatic heterocycles. The molecule has 1 aromatic heterocycles. The van der Waals surface area contributed by atoms with Crippen LogP contribution in [0.4, 0.5) is 0 Å². The molecule has 5 nitrogen and oxygen atoms in total. The Morgan fingerprint density at radius 3 is 2.60 bits per heavy atom. The van der Waals surface area contributed by atoms with Crippen LogP contribution in [0.2, 0.25) is 0 Å². The Kier molecular flexibility index (Phi) is 3.47. The van der Waals surface area contributed by atoms with Gasteiger partial charge in [0.15, 0.2) is 0 Å². The predicted octanol–water partition coefficient (Wildman–Crippen LogP) is 0.806. The molecule has 0 saturated heterocycles. The van der Waals surface area contributed by atoms with E-state index in [0.717, 1.165) is 11.3 Å². The van der Waals surface area contributed by atoms with E-state index < -0.39 is 5.97 Å². The second-order valence-electron chi connectivity index (χ2n) is 3.92. The number of carboxylic acids is 1. The first-order valence-electron chi connectivity index (χ1n) is 4.80. The number of aryl methyl sites for hydroxylation is 2. The largest absolute Gasteiger partial charge is 0.481 e. The molecule has 84 valence electrons. The van der Waals surface area contributed by atoms with E-state index in [9.17, 15) is 4.79 Å². The van der Waals surface area contributed by atoms with Crippen LogP contribution in [0.5, 0.6) is 0 Å². The van der Waals surface area contributed by atoms with Crippen LogP contribution in [-0.4, -0.2) is 39.9 Å². The van der Waals surface area contributed by atoms with Gasteiger partial charge in [-0.2, -0.15) is 5.10 Å². The second kappa shape index (κ2) is 4.44. The molecular weight excluding hydrogens is 194 g/mol. The highest BCUT2D eigenvalue weighted by Gasteiger charge is 2.21. The van der Waals surface area contributed by atoms with E-state index in [-0.39, 0.29) is 12.5 Å². The van der Waals surface area contributed by atoms with Crippen LogP contribution < -0.4 is 0 Å². The van der Waals surface area contributed by atoms with Crippen LogP contribution in [0.25, 0.3) is 0 Å². The second-order valence-corrected chi connectivity index (χ2v) is 3.92. The number of aromatic nitrogens is 2. The lowest BCUT2D eigenvalue weighted by Gasteiger charge is -2.22. The minimum Gasteiger partial charge on any atom is -0.481 e. The van der Waals surface area contributed by atoms with E-state index in [0.29, 0.717) is 0 Å². The summed E-state index contributed by atoms with van der Waals surface area (Å²) in [6.45, 7) is 1.90. The van der Waals surface area contributed by atoms with Gasteiger partial charge >= 0.3 is 5.97 Å². The number of hydrogen-bond donors (Lipinski definition) is 1. The van der Waals surface area contributed by atoms with Gasteiger partial charge in [-0.05, 0) is 21.0 Å². The minimum atomic E-state index is -0.794. The molecule has 5 heteroatoms. The van der Waals surface area contributed by atoms with E-state index in [1.54, 1.807) is 4.68 Å². The van der Waals surface area contributed by atoms with E-state index in [1.807, 2.05) is 39.2 Å². The van der Waals surface area contributed by atoms with E-state index in [2.05, 4.69) is 5.10 Å². The molecule has 0 radical (unpaired) electrons. The molecule has 15 heavy (non-hydrogen) atoms. The fourth-order valence-electron chi connectivity index (χ4n) is 1.68. The van der Waals surface area contributed by atoms with E-state index >= 15 is 0 Å². The van der Waals surface area contributed by atoms with E-state index in [1.165, 1.54) is 0 Å². The van der Waals surface area contributed by atoms with Gasteiger partial charge in [0, 0.05) is 24.8 Å². The van der Waals surface area contributed by atoms with Gasteiger partial charge in [0.1, 0.15) is 0 Å². The summed E-state index contributed by atoms with van der Waals surface area (Å²) in [5.41, 5.74) is 1.86. The van der Waals surface area contributed by atoms with Crippen molar-refractivity contribution in [1.82, 2.24) is 14.7 Å². The van der Waals surface area contributed by atoms with Crippen molar-refractivity contribution in [3.63, 3.8) is 0 Å². The van der Waals surface area contributed by atoms with Crippen molar-refractivity contribution < 1.29 is 9.90 Å². The van der Waals surface area contributed by atoms with Gasteiger partial charge in [0.2, 0.25) is 0 Å². The summed E-state index contributed by atoms with van der Waals surface area (Å²) in [4.78, 5) is 12.7. The highest BCUT2D eigenvalue weighted by atomic mass is 16.4. The fraction of sp³-hybridized carbons (Fsp3) is 0.600. The summed E-state index contributed by atoms with van der Waals surface area (Å²) in [5, 5.41) is 13.1. The third-order valence-electron chi connectivity index (χ3n) is 2.40. The average Bonchev–Trinajstić information content (AvgIpc) is 2.40. The Bertz CT molecular complexity index is 358. The maximum atomic E-state index is 10.8. The monoisotopic (exact) mass is 211 g/mol. The van der Waals surface area contributed by atoms with Crippen molar-refractivity contribution in [2.24, 2.45) is 7.05 Å². The van der Waals surface area contributed by atoms with Crippen LogP contribution in [0, 0.1) is 6.92 Å². The zero-order chi connectivity index (χ0) is 11.6. The molecule has 0 bridgehead atoms. The summed E-state index contributed by atoms with van der Waals surface area (Å²) in [6, 6.07) is -0.115. The molecule has 1 atom stereocenters. The van der Waals surface area contributed by atoms with Crippen LogP contribution >= 0.6 is 0 Å². The molecule has 0 aromatic carbocycles. The molecule has 0 aliphatic rings. The zero-order valence-electron chi connectivity index (χ0n) is 9.56. The molecule has 0 spiro atoms. The van der Waals surface area contributed by atoms with Gasteiger partial charge in [-0.15, -0.1) is 0 Å². The number of rotatable bonds is 4. The highest BCUT2D eigenvalue weighted by molar-refractivity contribution is 5.68. The molecule has 0 amide bonds. The number of nitrogens with zero attached hydrogens (tertiary/aromatic N) is 3. The molecule has 0 saturated carbocycles. The third-order valence-corrected chi connectivity index (χ3v) is 2.40. The lowest BCUT2D eigenvalue weighted by molar-refractivity contribution is -0.138. The normalized spacial score (nSPS) is 13.1. The van der Waals surface area contributed by atoms with Crippen LogP contribution in [-0.2, 0) is 11.8 Å². The average molecular weight is 211 g/mol. The van der Waals surface area contributed by atoms with Crippen molar-refractivity contribution >= 4 is 5.97 Å². The molecule has 0 aliphatic carbocycles. The van der Waals surface area contributed by atoms with Crippen LogP contribution in [0.3, 0.4) is 0 Å². The Labute approximate surface area is 89.3 Å². The summed E-state index contributed by atoms with van der Waals surface area (Å²) < 4.78 is 1.71. The maximum absolute atomic E-state index is 10.8. The van der Waals surface area contributed by atoms with Gasteiger partial charge in [-0.25, -0.2) is 0 Å². The summed E-state index contributed by atoms with van der Waals surface area (Å²) >= 11 is 0.